The van der Waals surface area contributed by atoms with Gasteiger partial charge in [0, 0.05) is 6.54 Å². The number of carboxylic acids is 1. The van der Waals surface area contributed by atoms with Crippen LogP contribution in [-0.4, -0.2) is 17.1 Å². The fourth-order valence-electron chi connectivity index (χ4n) is 2.31. The van der Waals surface area contributed by atoms with Crippen LogP contribution in [0.1, 0.15) is 23.6 Å². The highest BCUT2D eigenvalue weighted by Crippen LogP contribution is 2.22. The second-order valence-corrected chi connectivity index (χ2v) is 5.51. The van der Waals surface area contributed by atoms with Gasteiger partial charge in [0.05, 0.1) is 0 Å². The maximum Gasteiger partial charge on any atom is 0.320 e. The number of aliphatic carboxylic acids is 1. The highest BCUT2D eigenvalue weighted by atomic mass is 16.4. The predicted octanol–water partition coefficient (Wildman–Crippen LogP) is 3.53. The molecule has 0 spiro atoms. The van der Waals surface area contributed by atoms with Crippen LogP contribution in [0.25, 0.3) is 11.1 Å². The fourth-order valence-corrected chi connectivity index (χ4v) is 2.31. The van der Waals surface area contributed by atoms with Gasteiger partial charge in [-0.25, -0.2) is 0 Å². The van der Waals surface area contributed by atoms with Gasteiger partial charge in [0.15, 0.2) is 0 Å². The minimum atomic E-state index is -0.832. The molecule has 2 N–H and O–H groups in total. The van der Waals surface area contributed by atoms with Crippen molar-refractivity contribution in [1.82, 2.24) is 5.32 Å². The van der Waals surface area contributed by atoms with E-state index < -0.39 is 12.0 Å². The Hall–Kier alpha value is -2.13. The van der Waals surface area contributed by atoms with Crippen molar-refractivity contribution in [2.75, 3.05) is 0 Å². The van der Waals surface area contributed by atoms with Gasteiger partial charge in [0.25, 0.3) is 0 Å². The zero-order chi connectivity index (χ0) is 15.4. The van der Waals surface area contributed by atoms with Gasteiger partial charge < -0.3 is 10.4 Å². The van der Waals surface area contributed by atoms with Gasteiger partial charge in [-0.2, -0.15) is 0 Å². The molecule has 0 aliphatic heterocycles. The number of carboxylic acid groups (broad SMARTS) is 1. The van der Waals surface area contributed by atoms with Gasteiger partial charge in [-0.1, -0.05) is 53.6 Å². The molecule has 0 aromatic heterocycles. The second-order valence-electron chi connectivity index (χ2n) is 5.51. The minimum absolute atomic E-state index is 0.538. The molecule has 1 unspecified atom stereocenters. The first-order valence-corrected chi connectivity index (χ1v) is 7.09. The molecule has 0 radical (unpaired) electrons. The van der Waals surface area contributed by atoms with Crippen LogP contribution >= 0.6 is 0 Å². The Bertz CT molecular complexity index is 612. The zero-order valence-corrected chi connectivity index (χ0v) is 12.7. The lowest BCUT2D eigenvalue weighted by Gasteiger charge is -2.10. The van der Waals surface area contributed by atoms with E-state index in [0.29, 0.717) is 6.54 Å². The topological polar surface area (TPSA) is 49.3 Å². The van der Waals surface area contributed by atoms with Crippen LogP contribution < -0.4 is 5.32 Å². The van der Waals surface area contributed by atoms with Crippen LogP contribution in [0.4, 0.5) is 0 Å². The van der Waals surface area contributed by atoms with E-state index in [1.165, 1.54) is 22.3 Å². The Balaban J connectivity index is 2.10. The first-order chi connectivity index (χ1) is 9.95. The van der Waals surface area contributed by atoms with Crippen LogP contribution in [0.3, 0.4) is 0 Å². The SMILES string of the molecule is Cc1cc(C)cc(-c2ccc(CNC(C)C(=O)O)cc2)c1. The summed E-state index contributed by atoms with van der Waals surface area (Å²) >= 11 is 0. The molecular formula is C18H21NO2. The van der Waals surface area contributed by atoms with E-state index in [2.05, 4.69) is 49.5 Å². The molecule has 0 heterocycles. The number of benzene rings is 2. The van der Waals surface area contributed by atoms with Crippen molar-refractivity contribution in [3.63, 3.8) is 0 Å². The van der Waals surface area contributed by atoms with E-state index in [9.17, 15) is 4.79 Å². The zero-order valence-electron chi connectivity index (χ0n) is 12.7. The van der Waals surface area contributed by atoms with Crippen molar-refractivity contribution < 1.29 is 9.90 Å². The smallest absolute Gasteiger partial charge is 0.320 e. The standard InChI is InChI=1S/C18H21NO2/c1-12-8-13(2)10-17(9-12)16-6-4-15(5-7-16)11-19-14(3)18(20)21/h4-10,14,19H,11H2,1-3H3,(H,20,21). The molecule has 0 amide bonds. The average Bonchev–Trinajstić information content (AvgIpc) is 2.44. The normalized spacial score (nSPS) is 12.1. The highest BCUT2D eigenvalue weighted by molar-refractivity contribution is 5.72. The Morgan fingerprint density at radius 3 is 2.14 bits per heavy atom. The summed E-state index contributed by atoms with van der Waals surface area (Å²) in [6.07, 6.45) is 0. The van der Waals surface area contributed by atoms with Gasteiger partial charge in [0.2, 0.25) is 0 Å². The molecule has 0 saturated carbocycles. The number of hydrogen-bond donors (Lipinski definition) is 2. The van der Waals surface area contributed by atoms with Crippen LogP contribution in [-0.2, 0) is 11.3 Å². The van der Waals surface area contributed by atoms with Crippen LogP contribution in [0.15, 0.2) is 42.5 Å². The third kappa shape index (κ3) is 4.17. The summed E-state index contributed by atoms with van der Waals surface area (Å²) in [6, 6.07) is 14.2. The molecule has 21 heavy (non-hydrogen) atoms. The average molecular weight is 283 g/mol. The van der Waals surface area contributed by atoms with Gasteiger partial charge in [-0.15, -0.1) is 0 Å². The molecule has 3 heteroatoms. The fraction of sp³-hybridized carbons (Fsp3) is 0.278. The van der Waals surface area contributed by atoms with Crippen molar-refractivity contribution >= 4 is 5.97 Å². The molecule has 0 aliphatic rings. The van der Waals surface area contributed by atoms with Crippen molar-refractivity contribution in [3.8, 4) is 11.1 Å². The molecule has 2 rings (SSSR count). The summed E-state index contributed by atoms with van der Waals surface area (Å²) in [5.41, 5.74) is 5.98. The summed E-state index contributed by atoms with van der Waals surface area (Å²) in [5.74, 6) is -0.832. The molecule has 2 aromatic rings. The number of nitrogens with one attached hydrogen (secondary N) is 1. The van der Waals surface area contributed by atoms with E-state index >= 15 is 0 Å². The van der Waals surface area contributed by atoms with E-state index in [-0.39, 0.29) is 0 Å². The molecule has 0 saturated heterocycles. The molecule has 0 bridgehead atoms. The Labute approximate surface area is 125 Å². The van der Waals surface area contributed by atoms with Crippen LogP contribution in [0, 0.1) is 13.8 Å². The van der Waals surface area contributed by atoms with Crippen molar-refractivity contribution in [2.24, 2.45) is 0 Å². The number of carbonyl (C=O) groups is 1. The number of rotatable bonds is 5. The van der Waals surface area contributed by atoms with E-state index in [1.54, 1.807) is 6.92 Å². The largest absolute Gasteiger partial charge is 0.480 e. The van der Waals surface area contributed by atoms with Gasteiger partial charge >= 0.3 is 5.97 Å². The molecule has 3 nitrogen and oxygen atoms in total. The van der Waals surface area contributed by atoms with Gasteiger partial charge in [0.1, 0.15) is 6.04 Å². The summed E-state index contributed by atoms with van der Waals surface area (Å²) in [5, 5.41) is 11.8. The third-order valence-corrected chi connectivity index (χ3v) is 3.49. The first-order valence-electron chi connectivity index (χ1n) is 7.09. The summed E-state index contributed by atoms with van der Waals surface area (Å²) in [6.45, 7) is 6.40. The van der Waals surface area contributed by atoms with E-state index in [4.69, 9.17) is 5.11 Å². The second kappa shape index (κ2) is 6.55. The third-order valence-electron chi connectivity index (χ3n) is 3.49. The van der Waals surface area contributed by atoms with Crippen molar-refractivity contribution in [1.29, 1.82) is 0 Å². The maximum absolute atomic E-state index is 10.8. The van der Waals surface area contributed by atoms with Gasteiger partial charge in [-0.3, -0.25) is 4.79 Å². The summed E-state index contributed by atoms with van der Waals surface area (Å²) in [4.78, 5) is 10.8. The quantitative estimate of drug-likeness (QED) is 0.882. The molecule has 0 fully saturated rings. The van der Waals surface area contributed by atoms with E-state index in [0.717, 1.165) is 5.56 Å². The molecule has 2 aromatic carbocycles. The lowest BCUT2D eigenvalue weighted by molar-refractivity contribution is -0.139. The van der Waals surface area contributed by atoms with Gasteiger partial charge in [-0.05, 0) is 37.5 Å². The Morgan fingerprint density at radius 2 is 1.62 bits per heavy atom. The van der Waals surface area contributed by atoms with Crippen molar-refractivity contribution in [3.05, 3.63) is 59.2 Å². The minimum Gasteiger partial charge on any atom is -0.480 e. The Kier molecular flexibility index (Phi) is 4.76. The summed E-state index contributed by atoms with van der Waals surface area (Å²) < 4.78 is 0. The lowest BCUT2D eigenvalue weighted by Crippen LogP contribution is -2.33. The maximum atomic E-state index is 10.8. The van der Waals surface area contributed by atoms with Crippen LogP contribution in [0.5, 0.6) is 0 Å². The molecule has 0 aliphatic carbocycles. The lowest BCUT2D eigenvalue weighted by atomic mass is 10.00. The first kappa shape index (κ1) is 15.3. The predicted molar refractivity (Wildman–Crippen MR) is 85.3 cm³/mol. The summed E-state index contributed by atoms with van der Waals surface area (Å²) in [7, 11) is 0. The number of aryl methyl sites for hydroxylation is 2. The molecule has 110 valence electrons. The molecular weight excluding hydrogens is 262 g/mol. The van der Waals surface area contributed by atoms with Crippen molar-refractivity contribution in [2.45, 2.75) is 33.4 Å². The Morgan fingerprint density at radius 1 is 1.05 bits per heavy atom. The van der Waals surface area contributed by atoms with E-state index in [1.807, 2.05) is 12.1 Å². The monoisotopic (exact) mass is 283 g/mol. The molecule has 1 atom stereocenters. The van der Waals surface area contributed by atoms with Crippen LogP contribution in [0.2, 0.25) is 0 Å². The highest BCUT2D eigenvalue weighted by Gasteiger charge is 2.09. The number of hydrogen-bond acceptors (Lipinski definition) is 2.